The molecule has 10 nitrogen and oxygen atoms in total. The second-order valence-electron chi connectivity index (χ2n) is 14.5. The van der Waals surface area contributed by atoms with E-state index in [2.05, 4.69) is 9.80 Å². The van der Waals surface area contributed by atoms with Crippen molar-refractivity contribution in [2.45, 2.75) is 64.8 Å². The predicted molar refractivity (Wildman–Crippen MR) is 196 cm³/mol. The molecule has 2 aromatic carbocycles. The Labute approximate surface area is 304 Å². The Hall–Kier alpha value is -3.38. The molecule has 2 unspecified atom stereocenters. The highest BCUT2D eigenvalue weighted by Gasteiger charge is 2.35. The van der Waals surface area contributed by atoms with Gasteiger partial charge >= 0.3 is 0 Å². The van der Waals surface area contributed by atoms with Crippen LogP contribution < -0.4 is 9.47 Å². The van der Waals surface area contributed by atoms with Crippen molar-refractivity contribution in [2.75, 3.05) is 40.4 Å². The first-order valence-corrected chi connectivity index (χ1v) is 17.8. The Kier molecular flexibility index (Phi) is 10.7. The molecule has 6 rings (SSSR count). The van der Waals surface area contributed by atoms with E-state index >= 15 is 0 Å². The third-order valence-corrected chi connectivity index (χ3v) is 11.0. The minimum absolute atomic E-state index is 0.204. The Morgan fingerprint density at radius 3 is 1.40 bits per heavy atom. The fourth-order valence-electron chi connectivity index (χ4n) is 7.00. The molecule has 50 heavy (non-hydrogen) atoms. The number of hydrogen-bond donors (Lipinski definition) is 2. The van der Waals surface area contributed by atoms with Crippen molar-refractivity contribution in [3.63, 3.8) is 0 Å². The summed E-state index contributed by atoms with van der Waals surface area (Å²) >= 11 is 14.2. The lowest BCUT2D eigenvalue weighted by molar-refractivity contribution is 0.0202. The van der Waals surface area contributed by atoms with Gasteiger partial charge in [-0.3, -0.25) is 19.8 Å². The third kappa shape index (κ3) is 7.76. The fraction of sp³-hybridized carbons (Fsp3) is 0.474. The molecule has 2 saturated heterocycles. The van der Waals surface area contributed by atoms with Crippen molar-refractivity contribution >= 4 is 23.2 Å². The molecule has 2 N–H and O–H groups in total. The van der Waals surface area contributed by atoms with E-state index in [9.17, 15) is 10.2 Å². The molecular weight excluding hydrogens is 675 g/mol. The highest BCUT2D eigenvalue weighted by molar-refractivity contribution is 6.39. The SMILES string of the molecule is COc1nc(-c2cccc(-c3cccc(-c4cnc(CN5CCC(C(C)(C)O)C5)c(OC)n4)c3Cl)c2Cl)cnc1CN1CCC(C(C)(C)O)C1. The van der Waals surface area contributed by atoms with Crippen LogP contribution in [0.4, 0.5) is 0 Å². The molecule has 0 radical (unpaired) electrons. The summed E-state index contributed by atoms with van der Waals surface area (Å²) in [4.78, 5) is 23.6. The molecule has 0 amide bonds. The Balaban J connectivity index is 1.24. The molecule has 266 valence electrons. The molecular formula is C38H46Cl2N6O4. The molecule has 2 atom stereocenters. The van der Waals surface area contributed by atoms with Gasteiger partial charge in [-0.05, 0) is 53.6 Å². The van der Waals surface area contributed by atoms with E-state index in [0.29, 0.717) is 57.4 Å². The number of benzene rings is 2. The van der Waals surface area contributed by atoms with Gasteiger partial charge in [0.1, 0.15) is 11.4 Å². The number of aromatic nitrogens is 4. The van der Waals surface area contributed by atoms with Crippen LogP contribution in [0.1, 0.15) is 51.9 Å². The van der Waals surface area contributed by atoms with E-state index in [0.717, 1.165) is 61.5 Å². The van der Waals surface area contributed by atoms with Crippen LogP contribution in [-0.2, 0) is 13.1 Å². The molecule has 12 heteroatoms. The van der Waals surface area contributed by atoms with Crippen LogP contribution in [0.5, 0.6) is 11.8 Å². The average Bonchev–Trinajstić information content (AvgIpc) is 3.76. The van der Waals surface area contributed by atoms with E-state index in [4.69, 9.17) is 52.6 Å². The van der Waals surface area contributed by atoms with Crippen LogP contribution in [0.25, 0.3) is 33.6 Å². The largest absolute Gasteiger partial charge is 0.480 e. The first-order chi connectivity index (χ1) is 23.8. The molecule has 0 aliphatic carbocycles. The van der Waals surface area contributed by atoms with Gasteiger partial charge in [-0.25, -0.2) is 9.97 Å². The molecule has 2 aliphatic rings. The zero-order valence-electron chi connectivity index (χ0n) is 29.6. The van der Waals surface area contributed by atoms with Gasteiger partial charge in [-0.2, -0.15) is 0 Å². The van der Waals surface area contributed by atoms with Crippen molar-refractivity contribution in [1.29, 1.82) is 0 Å². The third-order valence-electron chi connectivity index (χ3n) is 10.1. The number of hydrogen-bond acceptors (Lipinski definition) is 10. The van der Waals surface area contributed by atoms with E-state index in [-0.39, 0.29) is 11.8 Å². The summed E-state index contributed by atoms with van der Waals surface area (Å²) in [6, 6.07) is 11.5. The smallest absolute Gasteiger partial charge is 0.237 e. The van der Waals surface area contributed by atoms with Gasteiger partial charge in [0.15, 0.2) is 0 Å². The van der Waals surface area contributed by atoms with Gasteiger partial charge in [-0.15, -0.1) is 0 Å². The zero-order valence-corrected chi connectivity index (χ0v) is 31.1. The number of nitrogens with zero attached hydrogens (tertiary/aromatic N) is 6. The summed E-state index contributed by atoms with van der Waals surface area (Å²) in [6.07, 6.45) is 5.30. The van der Waals surface area contributed by atoms with Gasteiger partial charge in [0.05, 0.1) is 59.2 Å². The molecule has 0 bridgehead atoms. The lowest BCUT2D eigenvalue weighted by Gasteiger charge is -2.25. The second kappa shape index (κ2) is 14.7. The number of likely N-dealkylation sites (tertiary alicyclic amines) is 2. The minimum Gasteiger partial charge on any atom is -0.480 e. The minimum atomic E-state index is -0.721. The quantitative estimate of drug-likeness (QED) is 0.172. The fourth-order valence-corrected chi connectivity index (χ4v) is 7.65. The molecule has 0 saturated carbocycles. The number of methoxy groups -OCH3 is 2. The molecule has 4 heterocycles. The van der Waals surface area contributed by atoms with E-state index in [1.54, 1.807) is 26.6 Å². The summed E-state index contributed by atoms with van der Waals surface area (Å²) in [6.45, 7) is 11.9. The maximum Gasteiger partial charge on any atom is 0.237 e. The van der Waals surface area contributed by atoms with Gasteiger partial charge in [-0.1, -0.05) is 59.6 Å². The summed E-state index contributed by atoms with van der Waals surface area (Å²) in [5.74, 6) is 1.28. The highest BCUT2D eigenvalue weighted by atomic mass is 35.5. The van der Waals surface area contributed by atoms with Crippen LogP contribution in [-0.4, -0.2) is 91.5 Å². The van der Waals surface area contributed by atoms with Crippen molar-refractivity contribution in [1.82, 2.24) is 29.7 Å². The summed E-state index contributed by atoms with van der Waals surface area (Å²) < 4.78 is 11.4. The first-order valence-electron chi connectivity index (χ1n) is 17.0. The summed E-state index contributed by atoms with van der Waals surface area (Å²) in [5, 5.41) is 21.9. The lowest BCUT2D eigenvalue weighted by atomic mass is 9.90. The second-order valence-corrected chi connectivity index (χ2v) is 15.3. The average molecular weight is 722 g/mol. The van der Waals surface area contributed by atoms with Crippen LogP contribution >= 0.6 is 23.2 Å². The van der Waals surface area contributed by atoms with Gasteiger partial charge in [0, 0.05) is 60.3 Å². The van der Waals surface area contributed by atoms with Gasteiger partial charge < -0.3 is 19.7 Å². The molecule has 2 fully saturated rings. The van der Waals surface area contributed by atoms with Crippen molar-refractivity contribution in [2.24, 2.45) is 11.8 Å². The summed E-state index contributed by atoms with van der Waals surface area (Å²) in [7, 11) is 3.18. The van der Waals surface area contributed by atoms with E-state index in [1.807, 2.05) is 64.1 Å². The van der Waals surface area contributed by atoms with Crippen LogP contribution in [0.2, 0.25) is 10.0 Å². The standard InChI is InChI=1S/C38H46Cl2N6O4/c1-37(2,47)23-13-15-45(19-23)21-31-35(49-5)43-29(17-41-31)27-11-7-9-25(33(27)39)26-10-8-12-28(34(26)40)30-18-42-32(36(44-30)50-6)22-46-16-14-24(20-46)38(3,4)48/h7-12,17-18,23-24,47-48H,13-16,19-22H2,1-6H3. The predicted octanol–water partition coefficient (Wildman–Crippen LogP) is 6.78. The molecule has 4 aromatic rings. The number of aliphatic hydroxyl groups is 2. The number of ether oxygens (including phenoxy) is 2. The van der Waals surface area contributed by atoms with Crippen LogP contribution in [0.3, 0.4) is 0 Å². The highest BCUT2D eigenvalue weighted by Crippen LogP contribution is 2.42. The van der Waals surface area contributed by atoms with Crippen LogP contribution in [0.15, 0.2) is 48.8 Å². The summed E-state index contributed by atoms with van der Waals surface area (Å²) in [5.41, 5.74) is 4.06. The van der Waals surface area contributed by atoms with E-state index < -0.39 is 11.2 Å². The zero-order chi connectivity index (χ0) is 35.8. The molecule has 0 spiro atoms. The van der Waals surface area contributed by atoms with E-state index in [1.165, 1.54) is 0 Å². The topological polar surface area (TPSA) is 117 Å². The molecule has 2 aromatic heterocycles. The van der Waals surface area contributed by atoms with Crippen molar-refractivity contribution in [3.8, 4) is 45.4 Å². The van der Waals surface area contributed by atoms with Crippen molar-refractivity contribution < 1.29 is 19.7 Å². The number of rotatable bonds is 11. The maximum atomic E-state index is 10.5. The Morgan fingerprint density at radius 1 is 0.680 bits per heavy atom. The monoisotopic (exact) mass is 720 g/mol. The van der Waals surface area contributed by atoms with Gasteiger partial charge in [0.2, 0.25) is 11.8 Å². The Bertz CT molecular complexity index is 1710. The Morgan fingerprint density at radius 2 is 1.06 bits per heavy atom. The lowest BCUT2D eigenvalue weighted by Crippen LogP contribution is -2.33. The normalized spacial score (nSPS) is 18.9. The van der Waals surface area contributed by atoms with Crippen molar-refractivity contribution in [3.05, 3.63) is 70.2 Å². The molecule has 2 aliphatic heterocycles. The first kappa shape index (κ1) is 36.4. The number of halogens is 2. The van der Waals surface area contributed by atoms with Gasteiger partial charge in [0.25, 0.3) is 0 Å². The maximum absolute atomic E-state index is 10.5. The van der Waals surface area contributed by atoms with Crippen LogP contribution in [0, 0.1) is 11.8 Å².